The molecule has 0 amide bonds. The third-order valence-electron chi connectivity index (χ3n) is 2.04. The summed E-state index contributed by atoms with van der Waals surface area (Å²) in [5, 5.41) is 17.7. The highest BCUT2D eigenvalue weighted by Gasteiger charge is 2.14. The number of nitriles is 1. The maximum Gasteiger partial charge on any atom is 0.336 e. The highest BCUT2D eigenvalue weighted by atomic mass is 16.4. The summed E-state index contributed by atoms with van der Waals surface area (Å²) in [5.41, 5.74) is 6.81. The first-order valence-electron chi connectivity index (χ1n) is 4.16. The van der Waals surface area contributed by atoms with Gasteiger partial charge in [0.1, 0.15) is 6.07 Å². The molecule has 1 aromatic rings. The summed E-state index contributed by atoms with van der Waals surface area (Å²) in [6.45, 7) is 1.79. The van der Waals surface area contributed by atoms with Gasteiger partial charge in [0.2, 0.25) is 0 Å². The van der Waals surface area contributed by atoms with Crippen molar-refractivity contribution in [2.45, 2.75) is 13.3 Å². The molecule has 4 nitrogen and oxygen atoms in total. The van der Waals surface area contributed by atoms with Crippen LogP contribution in [0.2, 0.25) is 0 Å². The van der Waals surface area contributed by atoms with Crippen LogP contribution in [0.1, 0.15) is 28.4 Å². The van der Waals surface area contributed by atoms with Crippen molar-refractivity contribution in [1.82, 2.24) is 0 Å². The Labute approximate surface area is 81.6 Å². The number of benzene rings is 1. The first-order valence-corrected chi connectivity index (χ1v) is 4.16. The molecule has 1 rings (SSSR count). The molecule has 0 aliphatic rings. The monoisotopic (exact) mass is 190 g/mol. The van der Waals surface area contributed by atoms with Crippen molar-refractivity contribution in [3.05, 3.63) is 28.8 Å². The van der Waals surface area contributed by atoms with E-state index in [0.717, 1.165) is 0 Å². The highest BCUT2D eigenvalue weighted by molar-refractivity contribution is 5.91. The second-order valence-corrected chi connectivity index (χ2v) is 2.83. The first kappa shape index (κ1) is 10.1. The van der Waals surface area contributed by atoms with Gasteiger partial charge in [0.25, 0.3) is 0 Å². The number of carbonyl (C=O) groups is 1. The second kappa shape index (κ2) is 3.79. The average Bonchev–Trinajstić information content (AvgIpc) is 2.16. The van der Waals surface area contributed by atoms with Crippen LogP contribution in [-0.2, 0) is 6.42 Å². The lowest BCUT2D eigenvalue weighted by molar-refractivity contribution is 0.0695. The minimum atomic E-state index is -1.03. The van der Waals surface area contributed by atoms with Crippen LogP contribution in [0.25, 0.3) is 0 Å². The third-order valence-corrected chi connectivity index (χ3v) is 2.04. The van der Waals surface area contributed by atoms with Crippen molar-refractivity contribution in [3.63, 3.8) is 0 Å². The van der Waals surface area contributed by atoms with Crippen LogP contribution in [0.4, 0.5) is 5.69 Å². The van der Waals surface area contributed by atoms with Crippen LogP contribution in [0, 0.1) is 11.3 Å². The number of anilines is 1. The number of aromatic carboxylic acids is 1. The molecule has 0 saturated carbocycles. The number of hydrogen-bond acceptors (Lipinski definition) is 3. The first-order chi connectivity index (χ1) is 6.61. The van der Waals surface area contributed by atoms with Gasteiger partial charge in [0, 0.05) is 5.69 Å². The summed E-state index contributed by atoms with van der Waals surface area (Å²) < 4.78 is 0. The molecule has 72 valence electrons. The lowest BCUT2D eigenvalue weighted by Gasteiger charge is -2.07. The molecule has 0 aliphatic heterocycles. The van der Waals surface area contributed by atoms with E-state index in [4.69, 9.17) is 16.1 Å². The van der Waals surface area contributed by atoms with Gasteiger partial charge in [-0.15, -0.1) is 0 Å². The Kier molecular flexibility index (Phi) is 2.73. The van der Waals surface area contributed by atoms with Gasteiger partial charge in [-0.05, 0) is 24.1 Å². The lowest BCUT2D eigenvalue weighted by Crippen LogP contribution is -2.06. The zero-order valence-electron chi connectivity index (χ0n) is 7.74. The van der Waals surface area contributed by atoms with Crippen LogP contribution in [0.15, 0.2) is 12.1 Å². The van der Waals surface area contributed by atoms with E-state index in [1.165, 1.54) is 12.1 Å². The van der Waals surface area contributed by atoms with E-state index in [1.54, 1.807) is 6.92 Å². The number of nitrogen functional groups attached to an aromatic ring is 1. The van der Waals surface area contributed by atoms with Gasteiger partial charge >= 0.3 is 5.97 Å². The predicted molar refractivity (Wildman–Crippen MR) is 51.9 cm³/mol. The molecule has 1 aromatic carbocycles. The number of nitrogens with two attached hydrogens (primary N) is 1. The van der Waals surface area contributed by atoms with Crippen molar-refractivity contribution >= 4 is 11.7 Å². The van der Waals surface area contributed by atoms with Gasteiger partial charge in [-0.2, -0.15) is 5.26 Å². The quantitative estimate of drug-likeness (QED) is 0.690. The van der Waals surface area contributed by atoms with Crippen LogP contribution < -0.4 is 5.73 Å². The van der Waals surface area contributed by atoms with E-state index >= 15 is 0 Å². The highest BCUT2D eigenvalue weighted by Crippen LogP contribution is 2.21. The fraction of sp³-hybridized carbons (Fsp3) is 0.200. The van der Waals surface area contributed by atoms with Crippen LogP contribution in [-0.4, -0.2) is 11.1 Å². The average molecular weight is 190 g/mol. The molecular formula is C10H10N2O2. The number of rotatable bonds is 2. The van der Waals surface area contributed by atoms with Crippen molar-refractivity contribution in [3.8, 4) is 6.07 Å². The number of carboxylic acids is 1. The Hall–Kier alpha value is -2.02. The molecule has 0 spiro atoms. The molecule has 0 radical (unpaired) electrons. The minimum Gasteiger partial charge on any atom is -0.478 e. The van der Waals surface area contributed by atoms with Crippen LogP contribution >= 0.6 is 0 Å². The fourth-order valence-electron chi connectivity index (χ4n) is 1.37. The third kappa shape index (κ3) is 1.52. The number of nitrogens with zero attached hydrogens (tertiary/aromatic N) is 1. The number of hydrogen-bond donors (Lipinski definition) is 2. The maximum absolute atomic E-state index is 10.8. The van der Waals surface area contributed by atoms with Crippen LogP contribution in [0.5, 0.6) is 0 Å². The molecular weight excluding hydrogens is 180 g/mol. The van der Waals surface area contributed by atoms with Gasteiger partial charge in [-0.1, -0.05) is 6.92 Å². The molecule has 0 saturated heterocycles. The summed E-state index contributed by atoms with van der Waals surface area (Å²) in [7, 11) is 0. The molecule has 0 fully saturated rings. The van der Waals surface area contributed by atoms with Gasteiger partial charge in [-0.3, -0.25) is 0 Å². The zero-order chi connectivity index (χ0) is 10.7. The minimum absolute atomic E-state index is 0.151. The Morgan fingerprint density at radius 3 is 2.71 bits per heavy atom. The molecule has 14 heavy (non-hydrogen) atoms. The fourth-order valence-corrected chi connectivity index (χ4v) is 1.37. The van der Waals surface area contributed by atoms with Crippen molar-refractivity contribution < 1.29 is 9.90 Å². The van der Waals surface area contributed by atoms with Crippen molar-refractivity contribution in [2.75, 3.05) is 5.73 Å². The van der Waals surface area contributed by atoms with E-state index in [0.29, 0.717) is 17.7 Å². The summed E-state index contributed by atoms with van der Waals surface area (Å²) in [6.07, 6.45) is 0.482. The Morgan fingerprint density at radius 2 is 2.29 bits per heavy atom. The molecule has 3 N–H and O–H groups in total. The molecule has 0 bridgehead atoms. The smallest absolute Gasteiger partial charge is 0.336 e. The van der Waals surface area contributed by atoms with E-state index < -0.39 is 5.97 Å². The number of carboxylic acid groups (broad SMARTS) is 1. The van der Waals surface area contributed by atoms with Crippen molar-refractivity contribution in [2.24, 2.45) is 0 Å². The van der Waals surface area contributed by atoms with E-state index in [1.807, 2.05) is 6.07 Å². The largest absolute Gasteiger partial charge is 0.478 e. The molecule has 0 aliphatic carbocycles. The molecule has 0 aromatic heterocycles. The summed E-state index contributed by atoms with van der Waals surface area (Å²) in [4.78, 5) is 10.8. The normalized spacial score (nSPS) is 9.43. The Morgan fingerprint density at radius 1 is 1.64 bits per heavy atom. The van der Waals surface area contributed by atoms with Crippen molar-refractivity contribution in [1.29, 1.82) is 5.26 Å². The van der Waals surface area contributed by atoms with E-state index in [-0.39, 0.29) is 11.1 Å². The standard InChI is InChI=1S/C10H10N2O2/c1-2-6-7(10(13)14)3-4-9(12)8(6)5-11/h3-4H,2,12H2,1H3,(H,13,14). The van der Waals surface area contributed by atoms with Crippen LogP contribution in [0.3, 0.4) is 0 Å². The molecule has 0 heterocycles. The molecule has 0 atom stereocenters. The predicted octanol–water partition coefficient (Wildman–Crippen LogP) is 1.40. The van der Waals surface area contributed by atoms with E-state index in [2.05, 4.69) is 0 Å². The van der Waals surface area contributed by atoms with Gasteiger partial charge in [0.05, 0.1) is 11.1 Å². The summed E-state index contributed by atoms with van der Waals surface area (Å²) in [5.74, 6) is -1.03. The van der Waals surface area contributed by atoms with E-state index in [9.17, 15) is 4.79 Å². The Bertz CT molecular complexity index is 419. The maximum atomic E-state index is 10.8. The zero-order valence-corrected chi connectivity index (χ0v) is 7.74. The second-order valence-electron chi connectivity index (χ2n) is 2.83. The van der Waals surface area contributed by atoms with Gasteiger partial charge in [0.15, 0.2) is 0 Å². The topological polar surface area (TPSA) is 87.1 Å². The summed E-state index contributed by atoms with van der Waals surface area (Å²) >= 11 is 0. The van der Waals surface area contributed by atoms with Gasteiger partial charge in [-0.25, -0.2) is 4.79 Å². The SMILES string of the molecule is CCc1c(C(=O)O)ccc(N)c1C#N. The van der Waals surface area contributed by atoms with Gasteiger partial charge < -0.3 is 10.8 Å². The lowest BCUT2D eigenvalue weighted by atomic mass is 9.98. The molecule has 0 unspecified atom stereocenters. The molecule has 4 heteroatoms. The summed E-state index contributed by atoms with van der Waals surface area (Å²) in [6, 6.07) is 4.80. The Balaban J connectivity index is 3.50.